The largest absolute Gasteiger partial charge is 0.466 e. The second-order valence-corrected chi connectivity index (χ2v) is 9.36. The van der Waals surface area contributed by atoms with Crippen molar-refractivity contribution in [3.8, 4) is 0 Å². The van der Waals surface area contributed by atoms with Gasteiger partial charge in [-0.1, -0.05) is 57.1 Å². The van der Waals surface area contributed by atoms with Crippen molar-refractivity contribution in [2.45, 2.75) is 77.4 Å². The fraction of sp³-hybridized carbons (Fsp3) is 0.720. The van der Waals surface area contributed by atoms with Crippen LogP contribution in [-0.4, -0.2) is 30.6 Å². The zero-order valence-electron chi connectivity index (χ0n) is 18.6. The molecule has 3 rings (SSSR count). The van der Waals surface area contributed by atoms with Crippen LogP contribution in [0, 0.1) is 17.8 Å². The van der Waals surface area contributed by atoms with Crippen molar-refractivity contribution in [2.75, 3.05) is 19.7 Å². The maximum absolute atomic E-state index is 12.9. The van der Waals surface area contributed by atoms with Crippen molar-refractivity contribution in [3.63, 3.8) is 0 Å². The number of piperidine rings is 1. The van der Waals surface area contributed by atoms with Crippen molar-refractivity contribution in [1.29, 1.82) is 0 Å². The lowest BCUT2D eigenvalue weighted by Crippen LogP contribution is -2.43. The van der Waals surface area contributed by atoms with Gasteiger partial charge in [0.15, 0.2) is 0 Å². The van der Waals surface area contributed by atoms with Crippen LogP contribution in [0.5, 0.6) is 0 Å². The molecule has 2 aliphatic rings. The third kappa shape index (κ3) is 7.51. The number of rotatable bonds is 6. The van der Waals surface area contributed by atoms with Gasteiger partial charge < -0.3 is 4.74 Å². The molecule has 1 aromatic carbocycles. The van der Waals surface area contributed by atoms with E-state index < -0.39 is 11.7 Å². The van der Waals surface area contributed by atoms with E-state index in [0.717, 1.165) is 25.1 Å². The van der Waals surface area contributed by atoms with Gasteiger partial charge >= 0.3 is 12.1 Å². The summed E-state index contributed by atoms with van der Waals surface area (Å²) in [4.78, 5) is 14.5. The number of alkyl halides is 3. The second-order valence-electron chi connectivity index (χ2n) is 9.36. The summed E-state index contributed by atoms with van der Waals surface area (Å²) in [6.07, 6.45) is 6.20. The number of carbonyl (C=O) groups excluding carboxylic acids is 1. The maximum atomic E-state index is 12.9. The van der Waals surface area contributed by atoms with E-state index in [-0.39, 0.29) is 11.9 Å². The Morgan fingerprint density at radius 1 is 1.00 bits per heavy atom. The molecule has 0 bridgehead atoms. The van der Waals surface area contributed by atoms with Crippen LogP contribution < -0.4 is 0 Å². The van der Waals surface area contributed by atoms with Crippen molar-refractivity contribution in [2.24, 2.45) is 17.8 Å². The number of nitrogens with zero attached hydrogens (tertiary/aromatic N) is 1. The Hall–Kier alpha value is -1.56. The molecule has 2 atom stereocenters. The predicted molar refractivity (Wildman–Crippen MR) is 115 cm³/mol. The van der Waals surface area contributed by atoms with E-state index in [4.69, 9.17) is 4.74 Å². The Morgan fingerprint density at radius 3 is 2.26 bits per heavy atom. The SMILES string of the molecule is CCOC(=O)C[C@@H]1C[C@@H](C2CCCCCCC2)CN(Cc2ccc(C(F)(F)F)cc2)C1. The number of benzene rings is 1. The van der Waals surface area contributed by atoms with Gasteiger partial charge in [-0.25, -0.2) is 0 Å². The van der Waals surface area contributed by atoms with Gasteiger partial charge in [-0.3, -0.25) is 9.69 Å². The third-order valence-electron chi connectivity index (χ3n) is 6.91. The van der Waals surface area contributed by atoms with Crippen molar-refractivity contribution >= 4 is 5.97 Å². The minimum atomic E-state index is -4.31. The lowest BCUT2D eigenvalue weighted by atomic mass is 9.74. The van der Waals surface area contributed by atoms with E-state index in [0.29, 0.717) is 31.4 Å². The molecule has 31 heavy (non-hydrogen) atoms. The minimum Gasteiger partial charge on any atom is -0.466 e. The number of hydrogen-bond donors (Lipinski definition) is 0. The summed E-state index contributed by atoms with van der Waals surface area (Å²) in [5.41, 5.74) is 0.281. The lowest BCUT2D eigenvalue weighted by molar-refractivity contribution is -0.145. The molecule has 1 saturated carbocycles. The van der Waals surface area contributed by atoms with Crippen molar-refractivity contribution in [3.05, 3.63) is 35.4 Å². The highest BCUT2D eigenvalue weighted by Crippen LogP contribution is 2.37. The van der Waals surface area contributed by atoms with Crippen LogP contribution >= 0.6 is 0 Å². The summed E-state index contributed by atoms with van der Waals surface area (Å²) in [5.74, 6) is 1.33. The molecule has 174 valence electrons. The molecule has 0 radical (unpaired) electrons. The number of carbonyl (C=O) groups is 1. The topological polar surface area (TPSA) is 29.5 Å². The van der Waals surface area contributed by atoms with E-state index >= 15 is 0 Å². The third-order valence-corrected chi connectivity index (χ3v) is 6.91. The molecule has 1 aromatic rings. The summed E-state index contributed by atoms with van der Waals surface area (Å²) in [6.45, 7) is 4.61. The van der Waals surface area contributed by atoms with Crippen LogP contribution in [0.4, 0.5) is 13.2 Å². The average molecular weight is 440 g/mol. The van der Waals surface area contributed by atoms with Gasteiger partial charge in [-0.2, -0.15) is 13.2 Å². The molecule has 0 unspecified atom stereocenters. The molecule has 0 aromatic heterocycles. The first-order chi connectivity index (χ1) is 14.8. The predicted octanol–water partition coefficient (Wildman–Crippen LogP) is 6.46. The summed E-state index contributed by atoms with van der Waals surface area (Å²) >= 11 is 0. The van der Waals surface area contributed by atoms with E-state index in [1.54, 1.807) is 12.1 Å². The fourth-order valence-electron chi connectivity index (χ4n) is 5.44. The number of hydrogen-bond acceptors (Lipinski definition) is 3. The zero-order chi connectivity index (χ0) is 22.3. The Labute approximate surface area is 184 Å². The average Bonchev–Trinajstić information content (AvgIpc) is 2.67. The molecule has 0 spiro atoms. The minimum absolute atomic E-state index is 0.139. The normalized spacial score (nSPS) is 24.4. The zero-order valence-corrected chi connectivity index (χ0v) is 18.6. The summed E-state index contributed by atoms with van der Waals surface area (Å²) < 4.78 is 43.8. The highest BCUT2D eigenvalue weighted by molar-refractivity contribution is 5.69. The Morgan fingerprint density at radius 2 is 1.65 bits per heavy atom. The molecule has 6 heteroatoms. The molecule has 1 aliphatic carbocycles. The highest BCUT2D eigenvalue weighted by Gasteiger charge is 2.34. The molecule has 0 N–H and O–H groups in total. The molecule has 1 heterocycles. The lowest BCUT2D eigenvalue weighted by Gasteiger charge is -2.41. The quantitative estimate of drug-likeness (QED) is 0.477. The van der Waals surface area contributed by atoms with Crippen molar-refractivity contribution < 1.29 is 22.7 Å². The Bertz CT molecular complexity index is 681. The van der Waals surface area contributed by atoms with E-state index in [1.165, 1.54) is 57.1 Å². The maximum Gasteiger partial charge on any atom is 0.416 e. The smallest absolute Gasteiger partial charge is 0.416 e. The van der Waals surface area contributed by atoms with Crippen LogP contribution in [-0.2, 0) is 22.3 Å². The number of halogens is 3. The molecular weight excluding hydrogens is 403 g/mol. The highest BCUT2D eigenvalue weighted by atomic mass is 19.4. The first-order valence-electron chi connectivity index (χ1n) is 11.9. The van der Waals surface area contributed by atoms with Crippen LogP contribution in [0.3, 0.4) is 0 Å². The Balaban J connectivity index is 1.68. The van der Waals surface area contributed by atoms with Crippen LogP contribution in [0.15, 0.2) is 24.3 Å². The number of likely N-dealkylation sites (tertiary alicyclic amines) is 1. The van der Waals surface area contributed by atoms with E-state index in [9.17, 15) is 18.0 Å². The molecule has 3 nitrogen and oxygen atoms in total. The molecule has 2 fully saturated rings. The van der Waals surface area contributed by atoms with Gasteiger partial charge in [-0.15, -0.1) is 0 Å². The van der Waals surface area contributed by atoms with Crippen LogP contribution in [0.25, 0.3) is 0 Å². The van der Waals surface area contributed by atoms with Gasteiger partial charge in [0.05, 0.1) is 12.2 Å². The van der Waals surface area contributed by atoms with Gasteiger partial charge in [0, 0.05) is 26.1 Å². The summed E-state index contributed by atoms with van der Waals surface area (Å²) in [5, 5.41) is 0. The molecule has 1 aliphatic heterocycles. The van der Waals surface area contributed by atoms with Gasteiger partial charge in [-0.05, 0) is 48.8 Å². The van der Waals surface area contributed by atoms with E-state index in [1.807, 2.05) is 6.92 Å². The summed E-state index contributed by atoms with van der Waals surface area (Å²) in [6, 6.07) is 5.51. The molecule has 1 saturated heterocycles. The van der Waals surface area contributed by atoms with E-state index in [2.05, 4.69) is 4.90 Å². The first-order valence-corrected chi connectivity index (χ1v) is 11.9. The van der Waals surface area contributed by atoms with Crippen LogP contribution in [0.2, 0.25) is 0 Å². The Kier molecular flexibility index (Phi) is 8.82. The van der Waals surface area contributed by atoms with Gasteiger partial charge in [0.2, 0.25) is 0 Å². The van der Waals surface area contributed by atoms with Gasteiger partial charge in [0.1, 0.15) is 0 Å². The first kappa shape index (κ1) is 24.1. The number of esters is 1. The van der Waals surface area contributed by atoms with Crippen molar-refractivity contribution in [1.82, 2.24) is 4.90 Å². The standard InChI is InChI=1S/C25H36F3NO2/c1-2-31-24(30)15-20-14-22(21-8-6-4-3-5-7-9-21)18-29(17-20)16-19-10-12-23(13-11-19)25(26,27)28/h10-13,20-22H,2-9,14-18H2,1H3/t20-,22+/m0/s1. The molecule has 0 amide bonds. The summed E-state index contributed by atoms with van der Waals surface area (Å²) in [7, 11) is 0. The second kappa shape index (κ2) is 11.3. The molecular formula is C25H36F3NO2. The fourth-order valence-corrected chi connectivity index (χ4v) is 5.44. The van der Waals surface area contributed by atoms with Gasteiger partial charge in [0.25, 0.3) is 0 Å². The number of ether oxygens (including phenoxy) is 1. The van der Waals surface area contributed by atoms with Crippen LogP contribution in [0.1, 0.15) is 75.8 Å². The monoisotopic (exact) mass is 439 g/mol.